The fourth-order valence-corrected chi connectivity index (χ4v) is 2.15. The van der Waals surface area contributed by atoms with Crippen LogP contribution < -0.4 is 10.2 Å². The van der Waals surface area contributed by atoms with Gasteiger partial charge in [-0.3, -0.25) is 4.79 Å². The van der Waals surface area contributed by atoms with Crippen LogP contribution in [-0.4, -0.2) is 49.9 Å². The Morgan fingerprint density at radius 3 is 2.61 bits per heavy atom. The number of para-hydroxylation sites is 2. The molecule has 4 nitrogen and oxygen atoms in total. The van der Waals surface area contributed by atoms with Crippen molar-refractivity contribution >= 4 is 28.9 Å². The summed E-state index contributed by atoms with van der Waals surface area (Å²) in [5.41, 5.74) is 1.91. The third-order valence-corrected chi connectivity index (χ3v) is 3.39. The van der Waals surface area contributed by atoms with Crippen LogP contribution in [0.5, 0.6) is 0 Å². The molecule has 1 aromatic rings. The van der Waals surface area contributed by atoms with Gasteiger partial charge in [-0.05, 0) is 19.2 Å². The van der Waals surface area contributed by atoms with E-state index in [-0.39, 0.29) is 11.8 Å². The summed E-state index contributed by atoms with van der Waals surface area (Å²) < 4.78 is 0. The van der Waals surface area contributed by atoms with E-state index in [0.29, 0.717) is 0 Å². The van der Waals surface area contributed by atoms with Crippen molar-refractivity contribution in [2.24, 2.45) is 0 Å². The summed E-state index contributed by atoms with van der Waals surface area (Å²) >= 11 is 5.53. The van der Waals surface area contributed by atoms with Crippen molar-refractivity contribution in [1.29, 1.82) is 0 Å². The molecule has 18 heavy (non-hydrogen) atoms. The molecule has 1 fully saturated rings. The second-order valence-electron chi connectivity index (χ2n) is 4.49. The highest BCUT2D eigenvalue weighted by molar-refractivity contribution is 6.29. The summed E-state index contributed by atoms with van der Waals surface area (Å²) in [4.78, 5) is 16.0. The Hall–Kier alpha value is -1.26. The lowest BCUT2D eigenvalue weighted by molar-refractivity contribution is -0.113. The van der Waals surface area contributed by atoms with Crippen LogP contribution in [-0.2, 0) is 4.79 Å². The fourth-order valence-electron chi connectivity index (χ4n) is 2.09. The summed E-state index contributed by atoms with van der Waals surface area (Å²) in [6.07, 6.45) is 0. The van der Waals surface area contributed by atoms with Crippen LogP contribution in [0.1, 0.15) is 0 Å². The van der Waals surface area contributed by atoms with Crippen LogP contribution in [0, 0.1) is 0 Å². The third kappa shape index (κ3) is 3.15. The first kappa shape index (κ1) is 13.2. The number of benzene rings is 1. The average molecular weight is 268 g/mol. The molecule has 1 heterocycles. The Kier molecular flexibility index (Phi) is 4.44. The molecule has 98 valence electrons. The molecule has 1 aromatic carbocycles. The van der Waals surface area contributed by atoms with Gasteiger partial charge in [0.25, 0.3) is 0 Å². The number of halogens is 1. The van der Waals surface area contributed by atoms with E-state index in [9.17, 15) is 4.79 Å². The van der Waals surface area contributed by atoms with Crippen LogP contribution in [0.2, 0.25) is 0 Å². The number of amides is 1. The third-order valence-electron chi connectivity index (χ3n) is 3.14. The molecular weight excluding hydrogens is 250 g/mol. The Balaban J connectivity index is 2.14. The van der Waals surface area contributed by atoms with Gasteiger partial charge < -0.3 is 15.1 Å². The van der Waals surface area contributed by atoms with Gasteiger partial charge in [-0.2, -0.15) is 0 Å². The molecule has 1 aliphatic rings. The minimum Gasteiger partial charge on any atom is -0.367 e. The molecule has 1 saturated heterocycles. The monoisotopic (exact) mass is 267 g/mol. The fraction of sp³-hybridized carbons (Fsp3) is 0.462. The van der Waals surface area contributed by atoms with Gasteiger partial charge >= 0.3 is 0 Å². The Labute approximate surface area is 113 Å². The quantitative estimate of drug-likeness (QED) is 0.846. The van der Waals surface area contributed by atoms with Crippen molar-refractivity contribution in [2.75, 3.05) is 49.3 Å². The number of hydrogen-bond donors (Lipinski definition) is 1. The maximum atomic E-state index is 11.4. The van der Waals surface area contributed by atoms with Gasteiger partial charge in [0.2, 0.25) is 5.91 Å². The Morgan fingerprint density at radius 1 is 1.28 bits per heavy atom. The van der Waals surface area contributed by atoms with Crippen LogP contribution in [0.4, 0.5) is 11.4 Å². The van der Waals surface area contributed by atoms with Crippen LogP contribution in [0.3, 0.4) is 0 Å². The molecule has 0 unspecified atom stereocenters. The highest BCUT2D eigenvalue weighted by Gasteiger charge is 2.17. The molecule has 1 aliphatic heterocycles. The zero-order valence-corrected chi connectivity index (χ0v) is 11.3. The number of carbonyl (C=O) groups is 1. The van der Waals surface area contributed by atoms with E-state index in [1.807, 2.05) is 24.3 Å². The van der Waals surface area contributed by atoms with Gasteiger partial charge in [0.05, 0.1) is 11.4 Å². The molecule has 1 amide bonds. The number of carbonyl (C=O) groups excluding carboxylic acids is 1. The van der Waals surface area contributed by atoms with Crippen molar-refractivity contribution in [2.45, 2.75) is 0 Å². The van der Waals surface area contributed by atoms with E-state index in [1.165, 1.54) is 0 Å². The molecule has 0 radical (unpaired) electrons. The predicted molar refractivity (Wildman–Crippen MR) is 75.5 cm³/mol. The van der Waals surface area contributed by atoms with E-state index >= 15 is 0 Å². The number of piperazine rings is 1. The molecule has 2 rings (SSSR count). The summed E-state index contributed by atoms with van der Waals surface area (Å²) in [7, 11) is 2.12. The molecule has 0 atom stereocenters. The SMILES string of the molecule is CN1CCN(c2ccccc2NC(=O)CCl)CC1. The van der Waals surface area contributed by atoms with Crippen LogP contribution in [0.15, 0.2) is 24.3 Å². The van der Waals surface area contributed by atoms with Gasteiger partial charge in [-0.15, -0.1) is 11.6 Å². The lowest BCUT2D eigenvalue weighted by Gasteiger charge is -2.35. The average Bonchev–Trinajstić information content (AvgIpc) is 2.40. The van der Waals surface area contributed by atoms with Gasteiger partial charge in [0.15, 0.2) is 0 Å². The van der Waals surface area contributed by atoms with Gasteiger partial charge in [-0.1, -0.05) is 12.1 Å². The molecule has 0 bridgehead atoms. The predicted octanol–water partition coefficient (Wildman–Crippen LogP) is 1.62. The molecule has 1 N–H and O–H groups in total. The Bertz CT molecular complexity index is 416. The summed E-state index contributed by atoms with van der Waals surface area (Å²) in [5.74, 6) is -0.185. The second kappa shape index (κ2) is 6.07. The number of nitrogens with one attached hydrogen (secondary N) is 1. The van der Waals surface area contributed by atoms with Gasteiger partial charge in [0.1, 0.15) is 5.88 Å². The van der Waals surface area contributed by atoms with E-state index in [1.54, 1.807) is 0 Å². The highest BCUT2D eigenvalue weighted by atomic mass is 35.5. The van der Waals surface area contributed by atoms with Crippen molar-refractivity contribution < 1.29 is 4.79 Å². The van der Waals surface area contributed by atoms with Gasteiger partial charge in [0, 0.05) is 26.2 Å². The van der Waals surface area contributed by atoms with Crippen molar-refractivity contribution in [3.8, 4) is 0 Å². The van der Waals surface area contributed by atoms with Crippen molar-refractivity contribution in [1.82, 2.24) is 4.90 Å². The molecule has 5 heteroatoms. The number of nitrogens with zero attached hydrogens (tertiary/aromatic N) is 2. The minimum absolute atomic E-state index is 0.0168. The smallest absolute Gasteiger partial charge is 0.239 e. The first-order valence-electron chi connectivity index (χ1n) is 6.09. The van der Waals surface area contributed by atoms with E-state index in [4.69, 9.17) is 11.6 Å². The van der Waals surface area contributed by atoms with E-state index in [0.717, 1.165) is 37.6 Å². The van der Waals surface area contributed by atoms with Crippen LogP contribution >= 0.6 is 11.6 Å². The standard InChI is InChI=1S/C13H18ClN3O/c1-16-6-8-17(9-7-16)12-5-3-2-4-11(12)15-13(18)10-14/h2-5H,6-10H2,1H3,(H,15,18). The largest absolute Gasteiger partial charge is 0.367 e. The molecule has 0 aliphatic carbocycles. The summed E-state index contributed by atoms with van der Waals surface area (Å²) in [6, 6.07) is 7.86. The van der Waals surface area contributed by atoms with Gasteiger partial charge in [-0.25, -0.2) is 0 Å². The van der Waals surface area contributed by atoms with Crippen molar-refractivity contribution in [3.05, 3.63) is 24.3 Å². The topological polar surface area (TPSA) is 35.6 Å². The number of hydrogen-bond acceptors (Lipinski definition) is 3. The Morgan fingerprint density at radius 2 is 1.94 bits per heavy atom. The number of likely N-dealkylation sites (N-methyl/N-ethyl adjacent to an activating group) is 1. The number of anilines is 2. The summed E-state index contributed by atoms with van der Waals surface area (Å²) in [5, 5.41) is 2.84. The second-order valence-corrected chi connectivity index (χ2v) is 4.76. The van der Waals surface area contributed by atoms with E-state index in [2.05, 4.69) is 22.2 Å². The molecule has 0 spiro atoms. The minimum atomic E-state index is -0.168. The number of rotatable bonds is 3. The molecule has 0 saturated carbocycles. The zero-order valence-electron chi connectivity index (χ0n) is 10.5. The van der Waals surface area contributed by atoms with Crippen molar-refractivity contribution in [3.63, 3.8) is 0 Å². The first-order valence-corrected chi connectivity index (χ1v) is 6.62. The first-order chi connectivity index (χ1) is 8.70. The lowest BCUT2D eigenvalue weighted by Crippen LogP contribution is -2.44. The molecular formula is C13H18ClN3O. The number of alkyl halides is 1. The maximum Gasteiger partial charge on any atom is 0.239 e. The zero-order chi connectivity index (χ0) is 13.0. The van der Waals surface area contributed by atoms with E-state index < -0.39 is 0 Å². The molecule has 0 aromatic heterocycles. The highest BCUT2D eigenvalue weighted by Crippen LogP contribution is 2.26. The summed E-state index contributed by atoms with van der Waals surface area (Å²) in [6.45, 7) is 4.03. The normalized spacial score (nSPS) is 16.7. The maximum absolute atomic E-state index is 11.4. The lowest BCUT2D eigenvalue weighted by atomic mass is 10.2. The van der Waals surface area contributed by atoms with Crippen LogP contribution in [0.25, 0.3) is 0 Å².